The first kappa shape index (κ1) is 14.5. The molecule has 0 unspecified atom stereocenters. The van der Waals surface area contributed by atoms with Crippen LogP contribution in [-0.2, 0) is 11.3 Å². The number of hydrogen-bond acceptors (Lipinski definition) is 5. The summed E-state index contributed by atoms with van der Waals surface area (Å²) < 4.78 is 10.4. The molecular weight excluding hydrogens is 242 g/mol. The molecule has 1 atom stereocenters. The van der Waals surface area contributed by atoms with Crippen LogP contribution in [0, 0.1) is 13.8 Å². The predicted molar refractivity (Wildman–Crippen MR) is 74.2 cm³/mol. The molecule has 0 spiro atoms. The fraction of sp³-hybridized carbons (Fsp3) is 0.786. The molecule has 2 rings (SSSR count). The van der Waals surface area contributed by atoms with Gasteiger partial charge in [0.1, 0.15) is 5.76 Å². The van der Waals surface area contributed by atoms with Crippen LogP contribution in [0.4, 0.5) is 0 Å². The van der Waals surface area contributed by atoms with Gasteiger partial charge in [-0.25, -0.2) is 0 Å². The summed E-state index contributed by atoms with van der Waals surface area (Å²) in [7, 11) is 1.76. The molecule has 1 saturated heterocycles. The number of hydrogen-bond donors (Lipinski definition) is 0. The van der Waals surface area contributed by atoms with Crippen molar-refractivity contribution in [2.24, 2.45) is 0 Å². The molecule has 1 aromatic rings. The molecule has 0 radical (unpaired) electrons. The van der Waals surface area contributed by atoms with Gasteiger partial charge in [0, 0.05) is 51.4 Å². The second-order valence-corrected chi connectivity index (χ2v) is 5.42. The van der Waals surface area contributed by atoms with E-state index in [2.05, 4.69) is 21.9 Å². The summed E-state index contributed by atoms with van der Waals surface area (Å²) >= 11 is 0. The summed E-state index contributed by atoms with van der Waals surface area (Å²) in [6, 6.07) is 0.573. The highest BCUT2D eigenvalue weighted by atomic mass is 16.5. The van der Waals surface area contributed by atoms with E-state index in [1.807, 2.05) is 13.8 Å². The molecule has 0 aliphatic carbocycles. The Kier molecular flexibility index (Phi) is 4.96. The third-order valence-corrected chi connectivity index (χ3v) is 3.99. The maximum absolute atomic E-state index is 5.23. The zero-order valence-electron chi connectivity index (χ0n) is 12.5. The van der Waals surface area contributed by atoms with Crippen molar-refractivity contribution in [2.75, 3.05) is 39.9 Å². The summed E-state index contributed by atoms with van der Waals surface area (Å²) in [5.41, 5.74) is 2.27. The normalized spacial score (nSPS) is 22.0. The van der Waals surface area contributed by atoms with Crippen molar-refractivity contribution in [3.63, 3.8) is 0 Å². The first-order valence-electron chi connectivity index (χ1n) is 6.99. The van der Waals surface area contributed by atoms with E-state index in [0.717, 1.165) is 50.8 Å². The van der Waals surface area contributed by atoms with E-state index in [0.29, 0.717) is 6.04 Å². The molecule has 0 saturated carbocycles. The van der Waals surface area contributed by atoms with Crippen LogP contribution in [0.1, 0.15) is 23.9 Å². The van der Waals surface area contributed by atoms with Gasteiger partial charge in [0.15, 0.2) is 0 Å². The van der Waals surface area contributed by atoms with Crippen molar-refractivity contribution >= 4 is 0 Å². The summed E-state index contributed by atoms with van der Waals surface area (Å²) in [4.78, 5) is 4.98. The molecule has 0 aromatic carbocycles. The number of nitrogens with zero attached hydrogens (tertiary/aromatic N) is 3. The van der Waals surface area contributed by atoms with Gasteiger partial charge in [0.2, 0.25) is 0 Å². The monoisotopic (exact) mass is 267 g/mol. The van der Waals surface area contributed by atoms with Gasteiger partial charge >= 0.3 is 0 Å². The highest BCUT2D eigenvalue weighted by molar-refractivity contribution is 5.20. The average Bonchev–Trinajstić information content (AvgIpc) is 2.70. The van der Waals surface area contributed by atoms with Crippen molar-refractivity contribution < 1.29 is 9.26 Å². The fourth-order valence-electron chi connectivity index (χ4n) is 2.71. The topological polar surface area (TPSA) is 41.7 Å². The number of piperazine rings is 1. The van der Waals surface area contributed by atoms with Crippen molar-refractivity contribution in [2.45, 2.75) is 33.4 Å². The summed E-state index contributed by atoms with van der Waals surface area (Å²) in [5.74, 6) is 0.951. The predicted octanol–water partition coefficient (Wildman–Crippen LogP) is 1.44. The summed E-state index contributed by atoms with van der Waals surface area (Å²) in [6.45, 7) is 12.4. The molecular formula is C14H25N3O2. The number of rotatable bonds is 5. The molecule has 0 N–H and O–H groups in total. The largest absolute Gasteiger partial charge is 0.383 e. The number of aromatic nitrogens is 1. The van der Waals surface area contributed by atoms with Crippen LogP contribution < -0.4 is 0 Å². The van der Waals surface area contributed by atoms with Crippen LogP contribution in [0.3, 0.4) is 0 Å². The second-order valence-electron chi connectivity index (χ2n) is 5.42. The highest BCUT2D eigenvalue weighted by Gasteiger charge is 2.24. The van der Waals surface area contributed by atoms with Gasteiger partial charge in [-0.15, -0.1) is 0 Å². The van der Waals surface area contributed by atoms with Gasteiger partial charge < -0.3 is 9.26 Å². The molecule has 0 bridgehead atoms. The van der Waals surface area contributed by atoms with E-state index in [4.69, 9.17) is 9.26 Å². The molecule has 1 aliphatic heterocycles. The van der Waals surface area contributed by atoms with Gasteiger partial charge in [-0.05, 0) is 20.8 Å². The Hall–Kier alpha value is -0.910. The van der Waals surface area contributed by atoms with Gasteiger partial charge in [-0.3, -0.25) is 9.80 Å². The van der Waals surface area contributed by atoms with Crippen LogP contribution in [-0.4, -0.2) is 60.9 Å². The van der Waals surface area contributed by atoms with Gasteiger partial charge in [-0.1, -0.05) is 5.16 Å². The van der Waals surface area contributed by atoms with Gasteiger partial charge in [0.05, 0.1) is 12.3 Å². The Morgan fingerprint density at radius 2 is 2.16 bits per heavy atom. The molecule has 1 aromatic heterocycles. The summed E-state index contributed by atoms with van der Waals surface area (Å²) in [5, 5.41) is 4.03. The van der Waals surface area contributed by atoms with Gasteiger partial charge in [-0.2, -0.15) is 0 Å². The van der Waals surface area contributed by atoms with E-state index in [1.165, 1.54) is 5.56 Å². The van der Waals surface area contributed by atoms with Crippen molar-refractivity contribution in [3.05, 3.63) is 17.0 Å². The molecule has 0 amide bonds. The quantitative estimate of drug-likeness (QED) is 0.807. The minimum atomic E-state index is 0.573. The Morgan fingerprint density at radius 1 is 1.37 bits per heavy atom. The van der Waals surface area contributed by atoms with Crippen LogP contribution >= 0.6 is 0 Å². The number of methoxy groups -OCH3 is 1. The first-order valence-corrected chi connectivity index (χ1v) is 6.99. The maximum atomic E-state index is 5.23. The van der Waals surface area contributed by atoms with Crippen LogP contribution in [0.2, 0.25) is 0 Å². The van der Waals surface area contributed by atoms with E-state index < -0.39 is 0 Å². The third kappa shape index (κ3) is 3.55. The smallest absolute Gasteiger partial charge is 0.138 e. The second kappa shape index (κ2) is 6.50. The van der Waals surface area contributed by atoms with Crippen LogP contribution in [0.25, 0.3) is 0 Å². The summed E-state index contributed by atoms with van der Waals surface area (Å²) in [6.07, 6.45) is 0. The lowest BCUT2D eigenvalue weighted by atomic mass is 10.1. The van der Waals surface area contributed by atoms with Crippen molar-refractivity contribution in [3.8, 4) is 0 Å². The molecule has 108 valence electrons. The standard InChI is InChI=1S/C14H25N3O2/c1-11-9-16(5-6-17(11)7-8-18-4)10-14-12(2)15-19-13(14)3/h11H,5-10H2,1-4H3/t11-/m0/s1. The van der Waals surface area contributed by atoms with Gasteiger partial charge in [0.25, 0.3) is 0 Å². The Labute approximate surface area is 115 Å². The molecule has 2 heterocycles. The van der Waals surface area contributed by atoms with Crippen LogP contribution in [0.15, 0.2) is 4.52 Å². The molecule has 19 heavy (non-hydrogen) atoms. The molecule has 5 heteroatoms. The third-order valence-electron chi connectivity index (χ3n) is 3.99. The lowest BCUT2D eigenvalue weighted by Gasteiger charge is -2.39. The van der Waals surface area contributed by atoms with E-state index in [1.54, 1.807) is 7.11 Å². The lowest BCUT2D eigenvalue weighted by Crippen LogP contribution is -2.52. The first-order chi connectivity index (χ1) is 9.11. The van der Waals surface area contributed by atoms with E-state index >= 15 is 0 Å². The molecule has 1 fully saturated rings. The van der Waals surface area contributed by atoms with Crippen molar-refractivity contribution in [1.82, 2.24) is 15.0 Å². The highest BCUT2D eigenvalue weighted by Crippen LogP contribution is 2.17. The van der Waals surface area contributed by atoms with Crippen molar-refractivity contribution in [1.29, 1.82) is 0 Å². The van der Waals surface area contributed by atoms with E-state index in [9.17, 15) is 0 Å². The van der Waals surface area contributed by atoms with E-state index in [-0.39, 0.29) is 0 Å². The zero-order chi connectivity index (χ0) is 13.8. The number of aryl methyl sites for hydroxylation is 2. The lowest BCUT2D eigenvalue weighted by molar-refractivity contribution is 0.0555. The Balaban J connectivity index is 1.88. The molecule has 5 nitrogen and oxygen atoms in total. The Bertz CT molecular complexity index is 386. The SMILES string of the molecule is COCCN1CCN(Cc2c(C)noc2C)C[C@@H]1C. The number of ether oxygens (including phenoxy) is 1. The zero-order valence-corrected chi connectivity index (χ0v) is 12.5. The maximum Gasteiger partial charge on any atom is 0.138 e. The average molecular weight is 267 g/mol. The van der Waals surface area contributed by atoms with Crippen LogP contribution in [0.5, 0.6) is 0 Å². The molecule has 1 aliphatic rings. The Morgan fingerprint density at radius 3 is 2.74 bits per heavy atom. The fourth-order valence-corrected chi connectivity index (χ4v) is 2.71. The minimum Gasteiger partial charge on any atom is -0.383 e. The minimum absolute atomic E-state index is 0.573.